The van der Waals surface area contributed by atoms with Gasteiger partial charge in [0.1, 0.15) is 0 Å². The molecule has 0 aliphatic carbocycles. The van der Waals surface area contributed by atoms with Crippen LogP contribution in [0.15, 0.2) is 12.6 Å². The second-order valence-electron chi connectivity index (χ2n) is 3.63. The van der Waals surface area contributed by atoms with Gasteiger partial charge in [-0.2, -0.15) is 0 Å². The molecule has 0 radical (unpaired) electrons. The van der Waals surface area contributed by atoms with Gasteiger partial charge in [-0.3, -0.25) is 0 Å². The molecule has 1 fully saturated rings. The minimum absolute atomic E-state index is 0.0729. The quantitative estimate of drug-likeness (QED) is 0.536. The summed E-state index contributed by atoms with van der Waals surface area (Å²) in [5.74, 6) is 1.69. The molecule has 0 amide bonds. The molecule has 0 saturated carbocycles. The van der Waals surface area contributed by atoms with Crippen molar-refractivity contribution in [2.24, 2.45) is 0 Å². The van der Waals surface area contributed by atoms with E-state index < -0.39 is 0 Å². The van der Waals surface area contributed by atoms with E-state index in [1.54, 1.807) is 5.98 Å². The van der Waals surface area contributed by atoms with E-state index in [0.29, 0.717) is 0 Å². The molecule has 0 aromatic heterocycles. The fraction of sp³-hybridized carbons (Fsp3) is 0.750. The smallest absolute Gasteiger partial charge is 0.405 e. The SMILES string of the molecule is C=CB1OC(C)CC(C)(C)O1. The molecule has 1 atom stereocenters. The fourth-order valence-corrected chi connectivity index (χ4v) is 1.46. The summed E-state index contributed by atoms with van der Waals surface area (Å²) < 4.78 is 11.0. The highest BCUT2D eigenvalue weighted by Crippen LogP contribution is 2.25. The molecule has 1 aliphatic rings. The van der Waals surface area contributed by atoms with Gasteiger partial charge in [0.25, 0.3) is 0 Å². The van der Waals surface area contributed by atoms with Gasteiger partial charge < -0.3 is 9.31 Å². The Morgan fingerprint density at radius 2 is 2.27 bits per heavy atom. The van der Waals surface area contributed by atoms with Gasteiger partial charge >= 0.3 is 7.12 Å². The number of rotatable bonds is 1. The first-order valence-electron chi connectivity index (χ1n) is 3.99. The second-order valence-corrected chi connectivity index (χ2v) is 3.63. The van der Waals surface area contributed by atoms with E-state index in [4.69, 9.17) is 9.31 Å². The van der Waals surface area contributed by atoms with Crippen LogP contribution in [0.2, 0.25) is 0 Å². The Balaban J connectivity index is 2.57. The lowest BCUT2D eigenvalue weighted by atomic mass is 9.83. The molecule has 1 aliphatic heterocycles. The monoisotopic (exact) mass is 154 g/mol. The van der Waals surface area contributed by atoms with Gasteiger partial charge in [0.2, 0.25) is 0 Å². The van der Waals surface area contributed by atoms with Crippen molar-refractivity contribution in [2.75, 3.05) is 0 Å². The third-order valence-electron chi connectivity index (χ3n) is 1.77. The normalized spacial score (nSPS) is 30.1. The topological polar surface area (TPSA) is 18.5 Å². The minimum Gasteiger partial charge on any atom is -0.405 e. The van der Waals surface area contributed by atoms with Crippen LogP contribution in [0, 0.1) is 0 Å². The Kier molecular flexibility index (Phi) is 2.40. The van der Waals surface area contributed by atoms with Crippen LogP contribution < -0.4 is 0 Å². The summed E-state index contributed by atoms with van der Waals surface area (Å²) in [5, 5.41) is 0. The van der Waals surface area contributed by atoms with Gasteiger partial charge in [-0.1, -0.05) is 5.98 Å². The summed E-state index contributed by atoms with van der Waals surface area (Å²) in [5.41, 5.74) is -0.0729. The van der Waals surface area contributed by atoms with Crippen LogP contribution in [0.25, 0.3) is 0 Å². The van der Waals surface area contributed by atoms with Crippen molar-refractivity contribution in [3.8, 4) is 0 Å². The van der Waals surface area contributed by atoms with Crippen molar-refractivity contribution in [1.82, 2.24) is 0 Å². The summed E-state index contributed by atoms with van der Waals surface area (Å²) in [4.78, 5) is 0. The maximum atomic E-state index is 5.55. The van der Waals surface area contributed by atoms with Crippen LogP contribution >= 0.6 is 0 Å². The molecule has 0 bridgehead atoms. The lowest BCUT2D eigenvalue weighted by Gasteiger charge is -2.37. The molecule has 1 heterocycles. The van der Waals surface area contributed by atoms with Gasteiger partial charge in [0.15, 0.2) is 0 Å². The van der Waals surface area contributed by atoms with Gasteiger partial charge in [0, 0.05) is 6.10 Å². The lowest BCUT2D eigenvalue weighted by molar-refractivity contribution is -0.0236. The van der Waals surface area contributed by atoms with Crippen LogP contribution in [0.3, 0.4) is 0 Å². The van der Waals surface area contributed by atoms with Crippen LogP contribution in [-0.2, 0) is 9.31 Å². The molecule has 0 spiro atoms. The van der Waals surface area contributed by atoms with E-state index in [-0.39, 0.29) is 18.8 Å². The van der Waals surface area contributed by atoms with Crippen LogP contribution in [0.1, 0.15) is 27.2 Å². The maximum absolute atomic E-state index is 5.55. The number of hydrogen-bond acceptors (Lipinski definition) is 2. The number of hydrogen-bond donors (Lipinski definition) is 0. The van der Waals surface area contributed by atoms with Crippen LogP contribution in [-0.4, -0.2) is 18.8 Å². The Morgan fingerprint density at radius 1 is 1.64 bits per heavy atom. The molecule has 62 valence electrons. The van der Waals surface area contributed by atoms with E-state index in [0.717, 1.165) is 6.42 Å². The molecule has 1 rings (SSSR count). The second kappa shape index (κ2) is 2.99. The summed E-state index contributed by atoms with van der Waals surface area (Å²) in [6.07, 6.45) is 1.21. The first-order valence-corrected chi connectivity index (χ1v) is 3.99. The van der Waals surface area contributed by atoms with Crippen LogP contribution in [0.5, 0.6) is 0 Å². The first kappa shape index (κ1) is 8.82. The van der Waals surface area contributed by atoms with Gasteiger partial charge in [-0.15, -0.1) is 6.58 Å². The molecule has 0 aromatic carbocycles. The van der Waals surface area contributed by atoms with E-state index in [9.17, 15) is 0 Å². The zero-order chi connectivity index (χ0) is 8.48. The van der Waals surface area contributed by atoms with Crippen molar-refractivity contribution < 1.29 is 9.31 Å². The third kappa shape index (κ3) is 2.35. The standard InChI is InChI=1S/C8H15BO2/c1-5-9-10-7(2)6-8(3,4)11-9/h5,7H,1,6H2,2-4H3. The molecule has 1 unspecified atom stereocenters. The maximum Gasteiger partial charge on any atom is 0.486 e. The molecule has 2 nitrogen and oxygen atoms in total. The predicted molar refractivity (Wildman–Crippen MR) is 46.3 cm³/mol. The Bertz CT molecular complexity index is 156. The molecule has 11 heavy (non-hydrogen) atoms. The fourth-order valence-electron chi connectivity index (χ4n) is 1.46. The van der Waals surface area contributed by atoms with Gasteiger partial charge in [-0.05, 0) is 27.2 Å². The third-order valence-corrected chi connectivity index (χ3v) is 1.77. The highest BCUT2D eigenvalue weighted by molar-refractivity contribution is 6.50. The van der Waals surface area contributed by atoms with Crippen molar-refractivity contribution in [3.63, 3.8) is 0 Å². The molecule has 1 saturated heterocycles. The molecular weight excluding hydrogens is 139 g/mol. The Morgan fingerprint density at radius 3 is 2.73 bits per heavy atom. The van der Waals surface area contributed by atoms with Crippen molar-refractivity contribution in [3.05, 3.63) is 12.6 Å². The molecule has 3 heteroatoms. The summed E-state index contributed by atoms with van der Waals surface area (Å²) in [6.45, 7) is 9.83. The van der Waals surface area contributed by atoms with Gasteiger partial charge in [0.05, 0.1) is 5.60 Å². The molecular formula is C8H15BO2. The summed E-state index contributed by atoms with van der Waals surface area (Å²) >= 11 is 0. The molecule has 0 aromatic rings. The first-order chi connectivity index (χ1) is 5.03. The van der Waals surface area contributed by atoms with Crippen molar-refractivity contribution in [1.29, 1.82) is 0 Å². The average molecular weight is 154 g/mol. The lowest BCUT2D eigenvalue weighted by Crippen LogP contribution is -2.44. The van der Waals surface area contributed by atoms with E-state index in [1.165, 1.54) is 0 Å². The zero-order valence-electron chi connectivity index (χ0n) is 7.46. The highest BCUT2D eigenvalue weighted by atomic mass is 16.6. The Hall–Kier alpha value is -0.275. The van der Waals surface area contributed by atoms with Crippen molar-refractivity contribution in [2.45, 2.75) is 38.9 Å². The largest absolute Gasteiger partial charge is 0.486 e. The zero-order valence-corrected chi connectivity index (χ0v) is 7.46. The minimum atomic E-state index is -0.228. The van der Waals surface area contributed by atoms with Gasteiger partial charge in [-0.25, -0.2) is 0 Å². The summed E-state index contributed by atoms with van der Waals surface area (Å²) in [6, 6.07) is 0. The van der Waals surface area contributed by atoms with E-state index in [1.807, 2.05) is 0 Å². The molecule has 0 N–H and O–H groups in total. The average Bonchev–Trinajstić information content (AvgIpc) is 1.83. The predicted octanol–water partition coefficient (Wildman–Crippen LogP) is 1.80. The van der Waals surface area contributed by atoms with E-state index in [2.05, 4.69) is 27.4 Å². The highest BCUT2D eigenvalue weighted by Gasteiger charge is 2.34. The summed E-state index contributed by atoms with van der Waals surface area (Å²) in [7, 11) is -0.228. The van der Waals surface area contributed by atoms with E-state index >= 15 is 0 Å². The van der Waals surface area contributed by atoms with Crippen LogP contribution in [0.4, 0.5) is 0 Å². The van der Waals surface area contributed by atoms with Crippen molar-refractivity contribution >= 4 is 7.12 Å². The Labute approximate surface area is 68.7 Å².